The van der Waals surface area contributed by atoms with Gasteiger partial charge in [0.25, 0.3) is 0 Å². The van der Waals surface area contributed by atoms with E-state index in [9.17, 15) is 4.79 Å². The summed E-state index contributed by atoms with van der Waals surface area (Å²) >= 11 is 0. The number of nitrogens with two attached hydrogens (primary N) is 1. The van der Waals surface area contributed by atoms with E-state index in [0.717, 1.165) is 18.7 Å². The van der Waals surface area contributed by atoms with Crippen molar-refractivity contribution in [2.24, 2.45) is 0 Å². The molecule has 0 saturated heterocycles. The zero-order valence-corrected chi connectivity index (χ0v) is 9.44. The summed E-state index contributed by atoms with van der Waals surface area (Å²) in [7, 11) is 0. The normalized spacial score (nSPS) is 15.2. The van der Waals surface area contributed by atoms with Gasteiger partial charge in [-0.3, -0.25) is 4.79 Å². The highest BCUT2D eigenvalue weighted by atomic mass is 16.2. The molecule has 0 aliphatic carbocycles. The number of benzene rings is 1. The van der Waals surface area contributed by atoms with Gasteiger partial charge in [-0.1, -0.05) is 18.2 Å². The first kappa shape index (κ1) is 10.7. The van der Waals surface area contributed by atoms with Gasteiger partial charge in [0.1, 0.15) is 0 Å². The third-order valence-electron chi connectivity index (χ3n) is 2.92. The Morgan fingerprint density at radius 2 is 2.31 bits per heavy atom. The van der Waals surface area contributed by atoms with Crippen molar-refractivity contribution in [3.05, 3.63) is 41.5 Å². The van der Waals surface area contributed by atoms with Gasteiger partial charge < -0.3 is 10.6 Å². The van der Waals surface area contributed by atoms with Crippen LogP contribution in [-0.4, -0.2) is 17.4 Å². The second kappa shape index (κ2) is 4.39. The standard InChI is InChI=1S/C13H16N2O/c1-2-4-13(16)15-8-7-11-10(9-15)5-3-6-12(11)14/h2-6H,7-9,14H2,1H3. The van der Waals surface area contributed by atoms with Gasteiger partial charge in [-0.15, -0.1) is 0 Å². The second-order valence-electron chi connectivity index (χ2n) is 3.99. The molecule has 3 nitrogen and oxygen atoms in total. The van der Waals surface area contributed by atoms with Gasteiger partial charge in [-0.05, 0) is 36.6 Å². The van der Waals surface area contributed by atoms with Crippen LogP contribution >= 0.6 is 0 Å². The van der Waals surface area contributed by atoms with Gasteiger partial charge in [-0.25, -0.2) is 0 Å². The van der Waals surface area contributed by atoms with Crippen molar-refractivity contribution in [2.75, 3.05) is 12.3 Å². The molecule has 0 atom stereocenters. The molecule has 1 amide bonds. The molecule has 0 radical (unpaired) electrons. The van der Waals surface area contributed by atoms with Crippen LogP contribution in [0.1, 0.15) is 18.1 Å². The molecule has 1 aromatic carbocycles. The molecule has 0 saturated carbocycles. The number of hydrogen-bond donors (Lipinski definition) is 1. The molecule has 1 aliphatic heterocycles. The first-order chi connectivity index (χ1) is 7.72. The summed E-state index contributed by atoms with van der Waals surface area (Å²) in [4.78, 5) is 13.5. The molecule has 1 aromatic rings. The fourth-order valence-electron chi connectivity index (χ4n) is 2.08. The van der Waals surface area contributed by atoms with Crippen molar-refractivity contribution < 1.29 is 4.79 Å². The van der Waals surface area contributed by atoms with Crippen LogP contribution in [0.2, 0.25) is 0 Å². The molecule has 84 valence electrons. The van der Waals surface area contributed by atoms with E-state index in [1.54, 1.807) is 12.2 Å². The number of nitrogens with zero attached hydrogens (tertiary/aromatic N) is 1. The molecular formula is C13H16N2O. The highest BCUT2D eigenvalue weighted by Gasteiger charge is 2.19. The lowest BCUT2D eigenvalue weighted by Gasteiger charge is -2.28. The average Bonchev–Trinajstić information content (AvgIpc) is 2.29. The molecule has 2 rings (SSSR count). The topological polar surface area (TPSA) is 46.3 Å². The number of nitrogen functional groups attached to an aromatic ring is 1. The Bertz CT molecular complexity index is 438. The predicted octanol–water partition coefficient (Wildman–Crippen LogP) is 1.73. The maximum atomic E-state index is 11.7. The Kier molecular flexibility index (Phi) is 2.95. The van der Waals surface area contributed by atoms with Crippen molar-refractivity contribution in [3.63, 3.8) is 0 Å². The zero-order chi connectivity index (χ0) is 11.5. The SMILES string of the molecule is CC=CC(=O)N1CCc2c(N)cccc2C1. The number of carbonyl (C=O) groups excluding carboxylic acids is 1. The molecule has 0 bridgehead atoms. The number of carbonyl (C=O) groups is 1. The number of anilines is 1. The van der Waals surface area contributed by atoms with Gasteiger partial charge in [0, 0.05) is 18.8 Å². The molecule has 2 N–H and O–H groups in total. The maximum absolute atomic E-state index is 11.7. The third-order valence-corrected chi connectivity index (χ3v) is 2.92. The van der Waals surface area contributed by atoms with E-state index >= 15 is 0 Å². The van der Waals surface area contributed by atoms with Gasteiger partial charge in [0.05, 0.1) is 0 Å². The fourth-order valence-corrected chi connectivity index (χ4v) is 2.08. The van der Waals surface area contributed by atoms with Crippen molar-refractivity contribution in [3.8, 4) is 0 Å². The Labute approximate surface area is 95.6 Å². The molecule has 0 fully saturated rings. The van der Waals surface area contributed by atoms with Crippen molar-refractivity contribution >= 4 is 11.6 Å². The third kappa shape index (κ3) is 1.94. The Morgan fingerprint density at radius 3 is 3.06 bits per heavy atom. The average molecular weight is 216 g/mol. The van der Waals surface area contributed by atoms with E-state index in [4.69, 9.17) is 5.73 Å². The summed E-state index contributed by atoms with van der Waals surface area (Å²) in [6.45, 7) is 3.28. The highest BCUT2D eigenvalue weighted by Crippen LogP contribution is 2.23. The predicted molar refractivity (Wildman–Crippen MR) is 64.8 cm³/mol. The van der Waals surface area contributed by atoms with Crippen LogP contribution in [0.5, 0.6) is 0 Å². The van der Waals surface area contributed by atoms with E-state index in [1.165, 1.54) is 11.1 Å². The Balaban J connectivity index is 2.21. The molecule has 1 aliphatic rings. The van der Waals surface area contributed by atoms with Crippen LogP contribution in [0.25, 0.3) is 0 Å². The highest BCUT2D eigenvalue weighted by molar-refractivity contribution is 5.87. The minimum atomic E-state index is 0.0792. The van der Waals surface area contributed by atoms with E-state index in [2.05, 4.69) is 0 Å². The van der Waals surface area contributed by atoms with Gasteiger partial charge in [0.2, 0.25) is 5.91 Å². The van der Waals surface area contributed by atoms with Crippen LogP contribution < -0.4 is 5.73 Å². The summed E-state index contributed by atoms with van der Waals surface area (Å²) in [6.07, 6.45) is 4.24. The van der Waals surface area contributed by atoms with Gasteiger partial charge >= 0.3 is 0 Å². The number of amides is 1. The minimum Gasteiger partial charge on any atom is -0.398 e. The first-order valence-electron chi connectivity index (χ1n) is 5.50. The minimum absolute atomic E-state index is 0.0792. The first-order valence-corrected chi connectivity index (χ1v) is 5.50. The number of allylic oxidation sites excluding steroid dienone is 1. The lowest BCUT2D eigenvalue weighted by molar-refractivity contribution is -0.126. The maximum Gasteiger partial charge on any atom is 0.246 e. The smallest absolute Gasteiger partial charge is 0.246 e. The van der Waals surface area contributed by atoms with Crippen LogP contribution in [0, 0.1) is 0 Å². The Hall–Kier alpha value is -1.77. The lowest BCUT2D eigenvalue weighted by Crippen LogP contribution is -2.35. The van der Waals surface area contributed by atoms with Crippen molar-refractivity contribution in [2.45, 2.75) is 19.9 Å². The van der Waals surface area contributed by atoms with Crippen LogP contribution in [0.4, 0.5) is 5.69 Å². The molecule has 3 heteroatoms. The second-order valence-corrected chi connectivity index (χ2v) is 3.99. The molecule has 0 unspecified atom stereocenters. The molecule has 0 spiro atoms. The number of fused-ring (bicyclic) bond motifs is 1. The lowest BCUT2D eigenvalue weighted by atomic mass is 9.98. The monoisotopic (exact) mass is 216 g/mol. The summed E-state index contributed by atoms with van der Waals surface area (Å²) in [5.74, 6) is 0.0792. The molecule has 0 aromatic heterocycles. The van der Waals surface area contributed by atoms with Gasteiger partial charge in [-0.2, -0.15) is 0 Å². The van der Waals surface area contributed by atoms with Crippen LogP contribution in [0.3, 0.4) is 0 Å². The van der Waals surface area contributed by atoms with Gasteiger partial charge in [0.15, 0.2) is 0 Å². The van der Waals surface area contributed by atoms with E-state index in [-0.39, 0.29) is 5.91 Å². The summed E-state index contributed by atoms with van der Waals surface area (Å²) in [6, 6.07) is 5.90. The largest absolute Gasteiger partial charge is 0.398 e. The molecule has 16 heavy (non-hydrogen) atoms. The summed E-state index contributed by atoms with van der Waals surface area (Å²) < 4.78 is 0. The Morgan fingerprint density at radius 1 is 1.50 bits per heavy atom. The van der Waals surface area contributed by atoms with E-state index in [1.807, 2.05) is 30.0 Å². The summed E-state index contributed by atoms with van der Waals surface area (Å²) in [5, 5.41) is 0. The molecular weight excluding hydrogens is 200 g/mol. The van der Waals surface area contributed by atoms with E-state index < -0.39 is 0 Å². The fraction of sp³-hybridized carbons (Fsp3) is 0.308. The van der Waals surface area contributed by atoms with Crippen molar-refractivity contribution in [1.29, 1.82) is 0 Å². The van der Waals surface area contributed by atoms with Crippen LogP contribution in [-0.2, 0) is 17.8 Å². The quantitative estimate of drug-likeness (QED) is 0.574. The zero-order valence-electron chi connectivity index (χ0n) is 9.44. The molecule has 1 heterocycles. The van der Waals surface area contributed by atoms with E-state index in [0.29, 0.717) is 6.54 Å². The van der Waals surface area contributed by atoms with Crippen molar-refractivity contribution in [1.82, 2.24) is 4.90 Å². The van der Waals surface area contributed by atoms with Crippen LogP contribution in [0.15, 0.2) is 30.4 Å². The summed E-state index contributed by atoms with van der Waals surface area (Å²) in [5.41, 5.74) is 9.12. The number of rotatable bonds is 1. The number of hydrogen-bond acceptors (Lipinski definition) is 2.